The van der Waals surface area contributed by atoms with E-state index >= 15 is 0 Å². The van der Waals surface area contributed by atoms with Crippen LogP contribution in [0.3, 0.4) is 0 Å². The van der Waals surface area contributed by atoms with Crippen LogP contribution in [0.2, 0.25) is 0 Å². The Bertz CT molecular complexity index is 2660. The lowest BCUT2D eigenvalue weighted by molar-refractivity contribution is -0.0394. The van der Waals surface area contributed by atoms with E-state index in [1.54, 1.807) is 11.1 Å². The molecule has 2 aromatic heterocycles. The molecule has 254 valence electrons. The number of rotatable bonds is 4. The van der Waals surface area contributed by atoms with Crippen molar-refractivity contribution in [3.8, 4) is 51.0 Å². The highest BCUT2D eigenvalue weighted by molar-refractivity contribution is 6.13. The highest BCUT2D eigenvalue weighted by Crippen LogP contribution is 2.70. The summed E-state index contributed by atoms with van der Waals surface area (Å²) < 4.78 is 2.59. The van der Waals surface area contributed by atoms with Gasteiger partial charge in [0.2, 0.25) is 0 Å². The minimum Gasteiger partial charge on any atom is -0.308 e. The highest BCUT2D eigenvalue weighted by Gasteiger charge is 2.62. The van der Waals surface area contributed by atoms with Gasteiger partial charge in [-0.25, -0.2) is 15.0 Å². The first-order chi connectivity index (χ1) is 26.3. The van der Waals surface area contributed by atoms with Crippen LogP contribution < -0.4 is 0 Å². The molecule has 4 nitrogen and oxygen atoms in total. The van der Waals surface area contributed by atoms with Crippen molar-refractivity contribution >= 4 is 21.8 Å². The topological polar surface area (TPSA) is 43.6 Å². The summed E-state index contributed by atoms with van der Waals surface area (Å²) in [6.07, 6.45) is 6.84. The van der Waals surface area contributed by atoms with Crippen LogP contribution in [0, 0.1) is 23.7 Å². The summed E-state index contributed by atoms with van der Waals surface area (Å²) in [5.41, 5.74) is 12.7. The molecular weight excluding hydrogens is 645 g/mol. The second-order valence-electron chi connectivity index (χ2n) is 16.0. The summed E-state index contributed by atoms with van der Waals surface area (Å²) in [4.78, 5) is 15.5. The Morgan fingerprint density at radius 1 is 0.453 bits per heavy atom. The first-order valence-electron chi connectivity index (χ1n) is 19.4. The van der Waals surface area contributed by atoms with Crippen molar-refractivity contribution in [3.05, 3.63) is 157 Å². The first kappa shape index (κ1) is 29.7. The molecule has 4 bridgehead atoms. The summed E-state index contributed by atoms with van der Waals surface area (Å²) in [5, 5.41) is 2.63. The van der Waals surface area contributed by atoms with E-state index < -0.39 is 0 Å². The Kier molecular flexibility index (Phi) is 6.20. The van der Waals surface area contributed by atoms with Gasteiger partial charge in [-0.2, -0.15) is 0 Å². The third-order valence-corrected chi connectivity index (χ3v) is 13.4. The predicted molar refractivity (Wildman–Crippen MR) is 214 cm³/mol. The molecular formula is C49H38N4. The molecule has 4 saturated carbocycles. The molecule has 5 aliphatic carbocycles. The van der Waals surface area contributed by atoms with Gasteiger partial charge >= 0.3 is 0 Å². The van der Waals surface area contributed by atoms with E-state index in [1.165, 1.54) is 65.0 Å². The van der Waals surface area contributed by atoms with Crippen LogP contribution in [0.1, 0.15) is 43.2 Å². The lowest BCUT2D eigenvalue weighted by Crippen LogP contribution is -2.55. The SMILES string of the molecule is c1ccc(-c2nc(-c3ccccc3)nc(-c3ccccc3-n3c4ccccc4c4ccc5c(c43)C3(c4ccccc4-5)C4CC5CC(C4)CC3C5)n2)cc1. The maximum absolute atomic E-state index is 5.24. The second-order valence-corrected chi connectivity index (χ2v) is 16.0. The fourth-order valence-electron chi connectivity index (χ4n) is 11.7. The molecule has 1 spiro atoms. The van der Waals surface area contributed by atoms with E-state index in [9.17, 15) is 0 Å². The summed E-state index contributed by atoms with van der Waals surface area (Å²) in [7, 11) is 0. The molecule has 13 rings (SSSR count). The van der Waals surface area contributed by atoms with Crippen LogP contribution in [-0.2, 0) is 5.41 Å². The minimum atomic E-state index is 0.0219. The van der Waals surface area contributed by atoms with Gasteiger partial charge < -0.3 is 4.57 Å². The lowest BCUT2D eigenvalue weighted by Gasteiger charge is -2.61. The molecule has 4 heteroatoms. The van der Waals surface area contributed by atoms with Gasteiger partial charge in [0, 0.05) is 32.9 Å². The third kappa shape index (κ3) is 4.09. The first-order valence-corrected chi connectivity index (χ1v) is 19.4. The van der Waals surface area contributed by atoms with Crippen molar-refractivity contribution in [3.63, 3.8) is 0 Å². The van der Waals surface area contributed by atoms with E-state index in [4.69, 9.17) is 15.0 Å². The Morgan fingerprint density at radius 2 is 1.02 bits per heavy atom. The maximum Gasteiger partial charge on any atom is 0.166 e. The molecule has 4 fully saturated rings. The van der Waals surface area contributed by atoms with Crippen molar-refractivity contribution in [1.82, 2.24) is 19.5 Å². The van der Waals surface area contributed by atoms with Crippen LogP contribution in [-0.4, -0.2) is 19.5 Å². The van der Waals surface area contributed by atoms with Crippen LogP contribution in [0.5, 0.6) is 0 Å². The van der Waals surface area contributed by atoms with Crippen LogP contribution in [0.15, 0.2) is 146 Å². The zero-order chi connectivity index (χ0) is 34.7. The fourth-order valence-corrected chi connectivity index (χ4v) is 11.7. The van der Waals surface area contributed by atoms with Crippen LogP contribution >= 0.6 is 0 Å². The van der Waals surface area contributed by atoms with Gasteiger partial charge in [-0.1, -0.05) is 127 Å². The lowest BCUT2D eigenvalue weighted by atomic mass is 9.43. The molecule has 0 aliphatic heterocycles. The third-order valence-electron chi connectivity index (χ3n) is 13.4. The molecule has 8 aromatic rings. The van der Waals surface area contributed by atoms with Gasteiger partial charge in [-0.05, 0) is 96.2 Å². The molecule has 6 aromatic carbocycles. The number of hydrogen-bond acceptors (Lipinski definition) is 3. The van der Waals surface area contributed by atoms with Crippen molar-refractivity contribution in [2.45, 2.75) is 37.5 Å². The van der Waals surface area contributed by atoms with Crippen molar-refractivity contribution in [2.75, 3.05) is 0 Å². The average molecular weight is 683 g/mol. The zero-order valence-electron chi connectivity index (χ0n) is 29.5. The van der Waals surface area contributed by atoms with E-state index in [0.29, 0.717) is 29.3 Å². The predicted octanol–water partition coefficient (Wildman–Crippen LogP) is 11.7. The summed E-state index contributed by atoms with van der Waals surface area (Å²) in [6.45, 7) is 0. The number of hydrogen-bond donors (Lipinski definition) is 0. The molecule has 0 N–H and O–H groups in total. The molecule has 0 amide bonds. The van der Waals surface area contributed by atoms with Gasteiger partial charge in [-0.3, -0.25) is 0 Å². The number of benzene rings is 6. The zero-order valence-corrected chi connectivity index (χ0v) is 29.5. The molecule has 0 unspecified atom stereocenters. The Hall–Kier alpha value is -5.87. The van der Waals surface area contributed by atoms with Gasteiger partial charge in [0.15, 0.2) is 17.5 Å². The van der Waals surface area contributed by atoms with Gasteiger partial charge in [0.1, 0.15) is 0 Å². The smallest absolute Gasteiger partial charge is 0.166 e. The largest absolute Gasteiger partial charge is 0.308 e. The van der Waals surface area contributed by atoms with Crippen molar-refractivity contribution in [2.24, 2.45) is 23.7 Å². The van der Waals surface area contributed by atoms with Crippen molar-refractivity contribution < 1.29 is 0 Å². The maximum atomic E-state index is 5.24. The second kappa shape index (κ2) is 11.1. The monoisotopic (exact) mass is 682 g/mol. The van der Waals surface area contributed by atoms with Crippen molar-refractivity contribution in [1.29, 1.82) is 0 Å². The average Bonchev–Trinajstić information content (AvgIpc) is 3.71. The molecule has 0 atom stereocenters. The van der Waals surface area contributed by atoms with Crippen LogP contribution in [0.25, 0.3) is 72.8 Å². The number of nitrogens with zero attached hydrogens (tertiary/aromatic N) is 4. The normalized spacial score (nSPS) is 23.5. The minimum absolute atomic E-state index is 0.0219. The number of aromatic nitrogens is 4. The number of para-hydroxylation sites is 2. The molecule has 5 aliphatic rings. The molecule has 0 radical (unpaired) electrons. The van der Waals surface area contributed by atoms with E-state index in [1.807, 2.05) is 36.4 Å². The quantitative estimate of drug-likeness (QED) is 0.186. The van der Waals surface area contributed by atoms with Crippen LogP contribution in [0.4, 0.5) is 0 Å². The Balaban J connectivity index is 1.17. The summed E-state index contributed by atoms with van der Waals surface area (Å²) in [6, 6.07) is 52.7. The Labute approximate surface area is 309 Å². The molecule has 53 heavy (non-hydrogen) atoms. The number of fused-ring (bicyclic) bond motifs is 7. The van der Waals surface area contributed by atoms with E-state index in [2.05, 4.69) is 114 Å². The fraction of sp³-hybridized carbons (Fsp3) is 0.204. The highest BCUT2D eigenvalue weighted by atomic mass is 15.1. The van der Waals surface area contributed by atoms with Gasteiger partial charge in [-0.15, -0.1) is 0 Å². The van der Waals surface area contributed by atoms with E-state index in [-0.39, 0.29) is 5.41 Å². The molecule has 0 saturated heterocycles. The standard InChI is InChI=1S/C49H38N4/c1-3-13-32(14-4-1)46-50-47(33-15-5-2-6-16-33)52-48(51-46)40-19-9-12-22-43(40)53-42-21-11-8-18-37(42)39-24-23-38-36-17-7-10-20-41(36)49(44(38)45(39)53)34-26-30-25-31(28-34)29-35(49)27-30/h1-24,30-31,34-35H,25-29H2. The van der Waals surface area contributed by atoms with Gasteiger partial charge in [0.25, 0.3) is 0 Å². The Morgan fingerprint density at radius 3 is 1.72 bits per heavy atom. The molecule has 2 heterocycles. The summed E-state index contributed by atoms with van der Waals surface area (Å²) >= 11 is 0. The van der Waals surface area contributed by atoms with Gasteiger partial charge in [0.05, 0.1) is 16.7 Å². The van der Waals surface area contributed by atoms with E-state index in [0.717, 1.165) is 34.2 Å². The summed E-state index contributed by atoms with van der Waals surface area (Å²) in [5.74, 6) is 5.13.